The fraction of sp³-hybridized carbons (Fsp3) is 0.471. The van der Waals surface area contributed by atoms with Gasteiger partial charge in [0.2, 0.25) is 5.89 Å². The molecule has 24 heavy (non-hydrogen) atoms. The molecule has 2 aromatic rings. The third-order valence-corrected chi connectivity index (χ3v) is 3.55. The largest absolute Gasteiger partial charge is 0.450 e. The molecule has 0 aliphatic carbocycles. The molecule has 2 rings (SSSR count). The van der Waals surface area contributed by atoms with Crippen LogP contribution in [0, 0.1) is 6.92 Å². The highest BCUT2D eigenvalue weighted by atomic mass is 16.5. The van der Waals surface area contributed by atoms with E-state index < -0.39 is 6.09 Å². The molecule has 1 aromatic heterocycles. The first kappa shape index (κ1) is 17.8. The molecule has 7 heteroatoms. The van der Waals surface area contributed by atoms with E-state index in [-0.39, 0.29) is 6.04 Å². The Balaban J connectivity index is 2.09. The molecule has 0 aliphatic heterocycles. The first-order chi connectivity index (χ1) is 11.5. The molecule has 7 nitrogen and oxygen atoms in total. The van der Waals surface area contributed by atoms with E-state index in [1.165, 1.54) is 0 Å². The van der Waals surface area contributed by atoms with Crippen LogP contribution in [0.3, 0.4) is 0 Å². The van der Waals surface area contributed by atoms with Crippen molar-refractivity contribution in [1.82, 2.24) is 10.1 Å². The van der Waals surface area contributed by atoms with Crippen LogP contribution in [0.1, 0.15) is 50.5 Å². The Bertz CT molecular complexity index is 684. The molecule has 0 radical (unpaired) electrons. The van der Waals surface area contributed by atoms with Crippen LogP contribution in [-0.4, -0.2) is 22.8 Å². The Kier molecular flexibility index (Phi) is 6.17. The van der Waals surface area contributed by atoms with Gasteiger partial charge >= 0.3 is 6.09 Å². The molecule has 2 N–H and O–H groups in total. The highest BCUT2D eigenvalue weighted by Crippen LogP contribution is 2.27. The van der Waals surface area contributed by atoms with E-state index in [4.69, 9.17) is 9.26 Å². The normalized spacial score (nSPS) is 11.8. The number of anilines is 2. The van der Waals surface area contributed by atoms with Gasteiger partial charge < -0.3 is 14.6 Å². The maximum absolute atomic E-state index is 11.6. The van der Waals surface area contributed by atoms with Gasteiger partial charge in [-0.25, -0.2) is 4.79 Å². The molecule has 0 fully saturated rings. The predicted molar refractivity (Wildman–Crippen MR) is 92.2 cm³/mol. The molecule has 1 unspecified atom stereocenters. The van der Waals surface area contributed by atoms with Crippen LogP contribution < -0.4 is 10.6 Å². The standard InChI is InChI=1S/C17H24N4O3/c1-5-8-15-20-16(24-21-15)12(4)18-13-9-7-10-14(11(13)3)19-17(22)23-6-2/h7,9-10,12,18H,5-6,8H2,1-4H3,(H,19,22). The lowest BCUT2D eigenvalue weighted by molar-refractivity contribution is 0.168. The molecule has 1 atom stereocenters. The minimum absolute atomic E-state index is 0.139. The predicted octanol–water partition coefficient (Wildman–Crippen LogP) is 4.07. The van der Waals surface area contributed by atoms with Crippen molar-refractivity contribution in [2.24, 2.45) is 0 Å². The summed E-state index contributed by atoms with van der Waals surface area (Å²) in [5, 5.41) is 10.0. The van der Waals surface area contributed by atoms with Gasteiger partial charge in [0.15, 0.2) is 5.82 Å². The minimum atomic E-state index is -0.466. The number of aromatic nitrogens is 2. The molecule has 1 amide bonds. The van der Waals surface area contributed by atoms with Crippen molar-refractivity contribution < 1.29 is 14.1 Å². The van der Waals surface area contributed by atoms with Crippen LogP contribution in [0.2, 0.25) is 0 Å². The Labute approximate surface area is 141 Å². The van der Waals surface area contributed by atoms with Crippen LogP contribution in [-0.2, 0) is 11.2 Å². The van der Waals surface area contributed by atoms with Crippen LogP contribution in [0.4, 0.5) is 16.2 Å². The number of amides is 1. The van der Waals surface area contributed by atoms with Crippen molar-refractivity contribution in [2.75, 3.05) is 17.2 Å². The molecule has 1 aromatic carbocycles. The average Bonchev–Trinajstić information content (AvgIpc) is 3.00. The van der Waals surface area contributed by atoms with Crippen molar-refractivity contribution in [3.63, 3.8) is 0 Å². The van der Waals surface area contributed by atoms with Gasteiger partial charge in [-0.2, -0.15) is 4.98 Å². The summed E-state index contributed by atoms with van der Waals surface area (Å²) < 4.78 is 10.2. The molecule has 0 aliphatic rings. The van der Waals surface area contributed by atoms with Crippen LogP contribution >= 0.6 is 0 Å². The van der Waals surface area contributed by atoms with Gasteiger partial charge in [-0.15, -0.1) is 0 Å². The Morgan fingerprint density at radius 1 is 1.33 bits per heavy atom. The molecule has 130 valence electrons. The highest BCUT2D eigenvalue weighted by molar-refractivity contribution is 5.87. The molecule has 0 bridgehead atoms. The maximum atomic E-state index is 11.6. The second-order valence-corrected chi connectivity index (χ2v) is 5.49. The van der Waals surface area contributed by atoms with E-state index >= 15 is 0 Å². The quantitative estimate of drug-likeness (QED) is 0.794. The fourth-order valence-corrected chi connectivity index (χ4v) is 2.27. The van der Waals surface area contributed by atoms with Crippen molar-refractivity contribution in [3.8, 4) is 0 Å². The van der Waals surface area contributed by atoms with E-state index in [0.717, 1.165) is 29.9 Å². The molecular formula is C17H24N4O3. The summed E-state index contributed by atoms with van der Waals surface area (Å²) in [6.07, 6.45) is 1.31. The SMILES string of the molecule is CCCc1noc(C(C)Nc2cccc(NC(=O)OCC)c2C)n1. The number of rotatable bonds is 7. The van der Waals surface area contributed by atoms with E-state index in [0.29, 0.717) is 18.2 Å². The fourth-order valence-electron chi connectivity index (χ4n) is 2.27. The first-order valence-corrected chi connectivity index (χ1v) is 8.17. The zero-order valence-corrected chi connectivity index (χ0v) is 14.5. The van der Waals surface area contributed by atoms with Gasteiger partial charge in [0.25, 0.3) is 0 Å². The van der Waals surface area contributed by atoms with E-state index in [1.54, 1.807) is 6.92 Å². The summed E-state index contributed by atoms with van der Waals surface area (Å²) in [5.41, 5.74) is 2.49. The van der Waals surface area contributed by atoms with E-state index in [2.05, 4.69) is 27.7 Å². The lowest BCUT2D eigenvalue weighted by Gasteiger charge is -2.16. The summed E-state index contributed by atoms with van der Waals surface area (Å²) in [5.74, 6) is 1.26. The first-order valence-electron chi connectivity index (χ1n) is 8.17. The van der Waals surface area contributed by atoms with Gasteiger partial charge in [0, 0.05) is 17.8 Å². The van der Waals surface area contributed by atoms with Crippen molar-refractivity contribution in [1.29, 1.82) is 0 Å². The van der Waals surface area contributed by atoms with Gasteiger partial charge in [0.05, 0.1) is 6.61 Å². The number of ether oxygens (including phenoxy) is 1. The maximum Gasteiger partial charge on any atom is 0.411 e. The second kappa shape index (κ2) is 8.33. The Morgan fingerprint density at radius 3 is 2.79 bits per heavy atom. The number of nitrogens with zero attached hydrogens (tertiary/aromatic N) is 2. The van der Waals surface area contributed by atoms with Gasteiger partial charge in [-0.3, -0.25) is 5.32 Å². The number of aryl methyl sites for hydroxylation is 1. The molecule has 0 saturated carbocycles. The summed E-state index contributed by atoms with van der Waals surface area (Å²) in [4.78, 5) is 16.0. The zero-order valence-electron chi connectivity index (χ0n) is 14.5. The lowest BCUT2D eigenvalue weighted by atomic mass is 10.1. The number of carbonyl (C=O) groups excluding carboxylic acids is 1. The third kappa shape index (κ3) is 4.47. The minimum Gasteiger partial charge on any atom is -0.450 e. The van der Waals surface area contributed by atoms with E-state index in [1.807, 2.05) is 32.0 Å². The molecular weight excluding hydrogens is 308 g/mol. The van der Waals surface area contributed by atoms with Crippen LogP contribution in [0.5, 0.6) is 0 Å². The van der Waals surface area contributed by atoms with Crippen molar-refractivity contribution in [2.45, 2.75) is 46.6 Å². The number of carbonyl (C=O) groups is 1. The van der Waals surface area contributed by atoms with E-state index in [9.17, 15) is 4.79 Å². The monoisotopic (exact) mass is 332 g/mol. The molecule has 0 saturated heterocycles. The topological polar surface area (TPSA) is 89.3 Å². The third-order valence-electron chi connectivity index (χ3n) is 3.55. The second-order valence-electron chi connectivity index (χ2n) is 5.49. The van der Waals surface area contributed by atoms with Crippen LogP contribution in [0.15, 0.2) is 22.7 Å². The molecule has 1 heterocycles. The number of hydrogen-bond acceptors (Lipinski definition) is 6. The smallest absolute Gasteiger partial charge is 0.411 e. The summed E-state index contributed by atoms with van der Waals surface area (Å²) in [6, 6.07) is 5.49. The average molecular weight is 332 g/mol. The number of hydrogen-bond donors (Lipinski definition) is 2. The number of benzene rings is 1. The van der Waals surface area contributed by atoms with Gasteiger partial charge in [0.1, 0.15) is 6.04 Å². The lowest BCUT2D eigenvalue weighted by Crippen LogP contribution is -2.15. The summed E-state index contributed by atoms with van der Waals surface area (Å²) >= 11 is 0. The van der Waals surface area contributed by atoms with Gasteiger partial charge in [-0.1, -0.05) is 18.1 Å². The Morgan fingerprint density at radius 2 is 2.08 bits per heavy atom. The summed E-state index contributed by atoms with van der Waals surface area (Å²) in [6.45, 7) is 8.05. The van der Waals surface area contributed by atoms with Crippen LogP contribution in [0.25, 0.3) is 0 Å². The Hall–Kier alpha value is -2.57. The van der Waals surface area contributed by atoms with Crippen molar-refractivity contribution in [3.05, 3.63) is 35.5 Å². The highest BCUT2D eigenvalue weighted by Gasteiger charge is 2.16. The summed E-state index contributed by atoms with van der Waals surface area (Å²) in [7, 11) is 0. The zero-order chi connectivity index (χ0) is 17.5. The number of nitrogens with one attached hydrogen (secondary N) is 2. The van der Waals surface area contributed by atoms with Crippen molar-refractivity contribution >= 4 is 17.5 Å². The molecule has 0 spiro atoms. The van der Waals surface area contributed by atoms with Gasteiger partial charge in [-0.05, 0) is 44.9 Å².